The lowest BCUT2D eigenvalue weighted by Crippen LogP contribution is -2.43. The highest BCUT2D eigenvalue weighted by Crippen LogP contribution is 2.22. The number of amides is 2. The van der Waals surface area contributed by atoms with Gasteiger partial charge in [-0.3, -0.25) is 9.59 Å². The Bertz CT molecular complexity index is 652. The molecular formula is C17H21FN2O4. The van der Waals surface area contributed by atoms with Crippen LogP contribution in [0.25, 0.3) is 0 Å². The fourth-order valence-corrected chi connectivity index (χ4v) is 2.72. The second kappa shape index (κ2) is 7.42. The molecule has 0 saturated carbocycles. The number of carboxylic acids is 1. The van der Waals surface area contributed by atoms with Gasteiger partial charge in [-0.1, -0.05) is 13.8 Å². The molecule has 0 aliphatic carbocycles. The van der Waals surface area contributed by atoms with Crippen LogP contribution in [0.4, 0.5) is 10.1 Å². The van der Waals surface area contributed by atoms with E-state index in [0.29, 0.717) is 25.9 Å². The van der Waals surface area contributed by atoms with Crippen molar-refractivity contribution in [2.75, 3.05) is 18.4 Å². The smallest absolute Gasteiger partial charge is 0.335 e. The number of aromatic carboxylic acids is 1. The number of benzene rings is 1. The van der Waals surface area contributed by atoms with Crippen LogP contribution in [0, 0.1) is 17.7 Å². The fourth-order valence-electron chi connectivity index (χ4n) is 2.72. The molecule has 1 fully saturated rings. The summed E-state index contributed by atoms with van der Waals surface area (Å²) >= 11 is 0. The summed E-state index contributed by atoms with van der Waals surface area (Å²) in [6.45, 7) is 4.65. The number of anilines is 1. The Labute approximate surface area is 139 Å². The first kappa shape index (κ1) is 17.9. The molecule has 0 radical (unpaired) electrons. The van der Waals surface area contributed by atoms with Crippen molar-refractivity contribution in [3.8, 4) is 0 Å². The predicted octanol–water partition coefficient (Wildman–Crippen LogP) is 2.36. The molecule has 0 unspecified atom stereocenters. The molecule has 1 aromatic carbocycles. The highest BCUT2D eigenvalue weighted by Gasteiger charge is 2.28. The third-order valence-electron chi connectivity index (χ3n) is 4.14. The van der Waals surface area contributed by atoms with Crippen LogP contribution in [0.1, 0.15) is 37.0 Å². The molecule has 130 valence electrons. The summed E-state index contributed by atoms with van der Waals surface area (Å²) in [5, 5.41) is 11.4. The van der Waals surface area contributed by atoms with Gasteiger partial charge in [0, 0.05) is 24.9 Å². The Morgan fingerprint density at radius 3 is 2.42 bits per heavy atom. The molecule has 24 heavy (non-hydrogen) atoms. The Morgan fingerprint density at radius 2 is 1.88 bits per heavy atom. The minimum Gasteiger partial charge on any atom is -0.478 e. The molecule has 0 spiro atoms. The maximum atomic E-state index is 13.8. The molecule has 1 aromatic rings. The molecule has 0 aromatic heterocycles. The molecule has 0 bridgehead atoms. The number of halogens is 1. The summed E-state index contributed by atoms with van der Waals surface area (Å²) in [7, 11) is 0. The highest BCUT2D eigenvalue weighted by molar-refractivity contribution is 5.95. The van der Waals surface area contributed by atoms with Gasteiger partial charge in [-0.25, -0.2) is 9.18 Å². The van der Waals surface area contributed by atoms with Gasteiger partial charge in [-0.05, 0) is 31.0 Å². The van der Waals surface area contributed by atoms with Crippen LogP contribution in [0.15, 0.2) is 18.2 Å². The minimum absolute atomic E-state index is 0.0639. The van der Waals surface area contributed by atoms with Crippen molar-refractivity contribution in [3.05, 3.63) is 29.6 Å². The summed E-state index contributed by atoms with van der Waals surface area (Å²) in [5.74, 6) is -2.56. The van der Waals surface area contributed by atoms with Crippen molar-refractivity contribution in [2.45, 2.75) is 26.7 Å². The first-order valence-electron chi connectivity index (χ1n) is 7.92. The lowest BCUT2D eigenvalue weighted by atomic mass is 9.95. The molecule has 1 saturated heterocycles. The molecule has 2 amide bonds. The third kappa shape index (κ3) is 4.10. The van der Waals surface area contributed by atoms with Crippen LogP contribution in [-0.4, -0.2) is 40.9 Å². The highest BCUT2D eigenvalue weighted by atomic mass is 19.1. The van der Waals surface area contributed by atoms with Crippen LogP contribution in [0.5, 0.6) is 0 Å². The number of likely N-dealkylation sites (tertiary alicyclic amines) is 1. The number of nitrogens with zero attached hydrogens (tertiary/aromatic N) is 1. The second-order valence-corrected chi connectivity index (χ2v) is 6.24. The zero-order chi connectivity index (χ0) is 17.9. The number of carbonyl (C=O) groups is 3. The molecule has 1 aliphatic heterocycles. The van der Waals surface area contributed by atoms with Crippen molar-refractivity contribution in [1.82, 2.24) is 4.90 Å². The Morgan fingerprint density at radius 1 is 1.25 bits per heavy atom. The van der Waals surface area contributed by atoms with Crippen LogP contribution in [0.3, 0.4) is 0 Å². The number of rotatable bonds is 4. The van der Waals surface area contributed by atoms with E-state index >= 15 is 0 Å². The van der Waals surface area contributed by atoms with Crippen molar-refractivity contribution in [3.63, 3.8) is 0 Å². The maximum Gasteiger partial charge on any atom is 0.335 e. The second-order valence-electron chi connectivity index (χ2n) is 6.24. The van der Waals surface area contributed by atoms with Gasteiger partial charge in [0.1, 0.15) is 5.82 Å². The molecule has 2 rings (SSSR count). The maximum absolute atomic E-state index is 13.8. The number of piperidine rings is 1. The Kier molecular flexibility index (Phi) is 5.54. The number of carbonyl (C=O) groups excluding carboxylic acids is 2. The average molecular weight is 336 g/mol. The SMILES string of the molecule is CC(C)C(=O)N1CCC(C(=O)Nc2cc(C(=O)O)ccc2F)CC1. The van der Waals surface area contributed by atoms with E-state index in [2.05, 4.69) is 5.32 Å². The van der Waals surface area contributed by atoms with Crippen LogP contribution in [0.2, 0.25) is 0 Å². The van der Waals surface area contributed by atoms with Crippen molar-refractivity contribution in [2.24, 2.45) is 11.8 Å². The van der Waals surface area contributed by atoms with Gasteiger partial charge in [-0.15, -0.1) is 0 Å². The van der Waals surface area contributed by atoms with E-state index in [0.717, 1.165) is 18.2 Å². The van der Waals surface area contributed by atoms with Crippen molar-refractivity contribution < 1.29 is 23.9 Å². The Hall–Kier alpha value is -2.44. The van der Waals surface area contributed by atoms with E-state index in [1.54, 1.807) is 4.90 Å². The number of hydrogen-bond donors (Lipinski definition) is 2. The first-order valence-corrected chi connectivity index (χ1v) is 7.92. The molecular weight excluding hydrogens is 315 g/mol. The summed E-state index contributed by atoms with van der Waals surface area (Å²) in [4.78, 5) is 36.9. The zero-order valence-corrected chi connectivity index (χ0v) is 13.7. The van der Waals surface area contributed by atoms with Crippen molar-refractivity contribution in [1.29, 1.82) is 0 Å². The van der Waals surface area contributed by atoms with Crippen LogP contribution < -0.4 is 5.32 Å². The van der Waals surface area contributed by atoms with E-state index < -0.39 is 11.8 Å². The fraction of sp³-hybridized carbons (Fsp3) is 0.471. The predicted molar refractivity (Wildman–Crippen MR) is 86.1 cm³/mol. The van der Waals surface area contributed by atoms with E-state index in [9.17, 15) is 18.8 Å². The monoisotopic (exact) mass is 336 g/mol. The van der Waals surface area contributed by atoms with E-state index in [1.165, 1.54) is 0 Å². The molecule has 1 heterocycles. The average Bonchev–Trinajstić information content (AvgIpc) is 2.55. The van der Waals surface area contributed by atoms with Gasteiger partial charge in [0.2, 0.25) is 11.8 Å². The molecule has 0 atom stereocenters. The lowest BCUT2D eigenvalue weighted by molar-refractivity contribution is -0.137. The third-order valence-corrected chi connectivity index (χ3v) is 4.14. The van der Waals surface area contributed by atoms with E-state index in [-0.39, 0.29) is 34.9 Å². The summed E-state index contributed by atoms with van der Waals surface area (Å²) in [5.41, 5.74) is -0.232. The summed E-state index contributed by atoms with van der Waals surface area (Å²) in [6, 6.07) is 3.26. The van der Waals surface area contributed by atoms with Gasteiger partial charge in [0.15, 0.2) is 0 Å². The largest absolute Gasteiger partial charge is 0.478 e. The number of carboxylic acid groups (broad SMARTS) is 1. The summed E-state index contributed by atoms with van der Waals surface area (Å²) < 4.78 is 13.8. The molecule has 2 N–H and O–H groups in total. The number of hydrogen-bond acceptors (Lipinski definition) is 3. The first-order chi connectivity index (χ1) is 11.3. The van der Waals surface area contributed by atoms with E-state index in [4.69, 9.17) is 5.11 Å². The van der Waals surface area contributed by atoms with Gasteiger partial charge in [-0.2, -0.15) is 0 Å². The lowest BCUT2D eigenvalue weighted by Gasteiger charge is -2.32. The van der Waals surface area contributed by atoms with E-state index in [1.807, 2.05) is 13.8 Å². The van der Waals surface area contributed by atoms with Gasteiger partial charge >= 0.3 is 5.97 Å². The standard InChI is InChI=1S/C17H21FN2O4/c1-10(2)16(22)20-7-5-11(6-8-20)15(21)19-14-9-12(17(23)24)3-4-13(14)18/h3-4,9-11H,5-8H2,1-2H3,(H,19,21)(H,23,24). The van der Waals surface area contributed by atoms with Crippen LogP contribution >= 0.6 is 0 Å². The van der Waals surface area contributed by atoms with Crippen molar-refractivity contribution >= 4 is 23.5 Å². The topological polar surface area (TPSA) is 86.7 Å². The quantitative estimate of drug-likeness (QED) is 0.884. The van der Waals surface area contributed by atoms with Gasteiger partial charge < -0.3 is 15.3 Å². The van der Waals surface area contributed by atoms with Crippen LogP contribution in [-0.2, 0) is 9.59 Å². The molecule has 6 nitrogen and oxygen atoms in total. The van der Waals surface area contributed by atoms with Gasteiger partial charge in [0.05, 0.1) is 11.3 Å². The Balaban J connectivity index is 1.98. The minimum atomic E-state index is -1.19. The summed E-state index contributed by atoms with van der Waals surface area (Å²) in [6.07, 6.45) is 1.01. The van der Waals surface area contributed by atoms with Gasteiger partial charge in [0.25, 0.3) is 0 Å². The molecule has 1 aliphatic rings. The zero-order valence-electron chi connectivity index (χ0n) is 13.7. The number of nitrogens with one attached hydrogen (secondary N) is 1. The normalized spacial score (nSPS) is 15.4. The molecule has 7 heteroatoms.